The van der Waals surface area contributed by atoms with Gasteiger partial charge in [-0.3, -0.25) is 10.2 Å². The Kier molecular flexibility index (Phi) is 14.4. The molecule has 1 aromatic carbocycles. The van der Waals surface area contributed by atoms with Gasteiger partial charge in [-0.1, -0.05) is 57.6 Å². The smallest absolute Gasteiger partial charge is 0.411 e. The van der Waals surface area contributed by atoms with Crippen molar-refractivity contribution in [1.29, 1.82) is 0 Å². The highest BCUT2D eigenvalue weighted by Crippen LogP contribution is 2.24. The summed E-state index contributed by atoms with van der Waals surface area (Å²) in [5, 5.41) is 2.79. The molecule has 0 saturated carbocycles. The van der Waals surface area contributed by atoms with Crippen LogP contribution in [0.5, 0.6) is 5.75 Å². The van der Waals surface area contributed by atoms with Crippen LogP contribution in [0.4, 0.5) is 10.5 Å². The monoisotopic (exact) mass is 428 g/mol. The van der Waals surface area contributed by atoms with E-state index in [2.05, 4.69) is 17.1 Å². The first-order valence-corrected chi connectivity index (χ1v) is 10.8. The van der Waals surface area contributed by atoms with Crippen molar-refractivity contribution in [2.75, 3.05) is 51.4 Å². The lowest BCUT2D eigenvalue weighted by atomic mass is 10.1. The van der Waals surface area contributed by atoms with E-state index in [-0.39, 0.29) is 12.4 Å². The van der Waals surface area contributed by atoms with E-state index in [1.54, 1.807) is 0 Å². The number of morpholine rings is 1. The van der Waals surface area contributed by atoms with E-state index in [1.165, 1.54) is 38.5 Å². The molecule has 0 aliphatic carbocycles. The molecule has 0 unspecified atom stereocenters. The van der Waals surface area contributed by atoms with Crippen molar-refractivity contribution in [3.05, 3.63) is 24.3 Å². The Labute approximate surface area is 181 Å². The average Bonchev–Trinajstić information content (AvgIpc) is 2.72. The zero-order chi connectivity index (χ0) is 19.9. The first-order valence-electron chi connectivity index (χ1n) is 10.8. The van der Waals surface area contributed by atoms with Crippen molar-refractivity contribution in [1.82, 2.24) is 4.90 Å². The summed E-state index contributed by atoms with van der Waals surface area (Å²) < 4.78 is 16.5. The van der Waals surface area contributed by atoms with E-state index >= 15 is 0 Å². The lowest BCUT2D eigenvalue weighted by Crippen LogP contribution is -2.38. The molecule has 7 heteroatoms. The summed E-state index contributed by atoms with van der Waals surface area (Å²) >= 11 is 0. The van der Waals surface area contributed by atoms with E-state index in [9.17, 15) is 4.79 Å². The molecule has 0 aromatic heterocycles. The lowest BCUT2D eigenvalue weighted by molar-refractivity contribution is 0.0290. The first kappa shape index (κ1) is 25.5. The van der Waals surface area contributed by atoms with Crippen LogP contribution in [0.3, 0.4) is 0 Å². The minimum absolute atomic E-state index is 0. The molecule has 1 saturated heterocycles. The number of hydrogen-bond donors (Lipinski definition) is 1. The predicted molar refractivity (Wildman–Crippen MR) is 119 cm³/mol. The molecule has 0 bridgehead atoms. The summed E-state index contributed by atoms with van der Waals surface area (Å²) in [4.78, 5) is 14.3. The van der Waals surface area contributed by atoms with Crippen molar-refractivity contribution in [2.45, 2.75) is 51.9 Å². The number of para-hydroxylation sites is 2. The number of ether oxygens (including phenoxy) is 3. The fraction of sp³-hybridized carbons (Fsp3) is 0.682. The molecule has 0 radical (unpaired) electrons. The van der Waals surface area contributed by atoms with Gasteiger partial charge in [-0.15, -0.1) is 12.4 Å². The number of unbranched alkanes of at least 4 members (excludes halogenated alkanes) is 6. The minimum atomic E-state index is -0.444. The fourth-order valence-corrected chi connectivity index (χ4v) is 3.18. The molecule has 2 rings (SSSR count). The fourth-order valence-electron chi connectivity index (χ4n) is 3.18. The third-order valence-corrected chi connectivity index (χ3v) is 4.87. The second-order valence-corrected chi connectivity index (χ2v) is 7.18. The van der Waals surface area contributed by atoms with E-state index in [0.29, 0.717) is 24.7 Å². The highest BCUT2D eigenvalue weighted by Gasteiger charge is 2.12. The quantitative estimate of drug-likeness (QED) is 0.442. The molecule has 1 aromatic rings. The van der Waals surface area contributed by atoms with Crippen LogP contribution >= 0.6 is 12.4 Å². The Bertz CT molecular complexity index is 553. The van der Waals surface area contributed by atoms with E-state index in [0.717, 1.165) is 39.3 Å². The molecule has 166 valence electrons. The Balaban J connectivity index is 0.00000420. The normalized spacial score (nSPS) is 14.1. The molecule has 1 heterocycles. The van der Waals surface area contributed by atoms with Crippen LogP contribution in [0, 0.1) is 0 Å². The van der Waals surface area contributed by atoms with E-state index in [1.807, 2.05) is 24.3 Å². The van der Waals surface area contributed by atoms with E-state index in [4.69, 9.17) is 14.2 Å². The third-order valence-electron chi connectivity index (χ3n) is 4.87. The first-order chi connectivity index (χ1) is 13.8. The number of benzene rings is 1. The van der Waals surface area contributed by atoms with Crippen molar-refractivity contribution in [3.63, 3.8) is 0 Å². The van der Waals surface area contributed by atoms with Gasteiger partial charge in [0.15, 0.2) is 0 Å². The van der Waals surface area contributed by atoms with Gasteiger partial charge in [-0.25, -0.2) is 4.79 Å². The maximum absolute atomic E-state index is 12.1. The number of rotatable bonds is 13. The number of halogens is 1. The third kappa shape index (κ3) is 11.3. The van der Waals surface area contributed by atoms with Crippen LogP contribution in [0.2, 0.25) is 0 Å². The van der Waals surface area contributed by atoms with Crippen molar-refractivity contribution in [3.8, 4) is 5.75 Å². The summed E-state index contributed by atoms with van der Waals surface area (Å²) in [5.74, 6) is 0.693. The molecule has 6 nitrogen and oxygen atoms in total. The van der Waals surface area contributed by atoms with Gasteiger partial charge in [-0.2, -0.15) is 0 Å². The Hall–Kier alpha value is -1.50. The number of carbonyl (C=O) groups is 1. The van der Waals surface area contributed by atoms with Crippen LogP contribution in [0.25, 0.3) is 0 Å². The van der Waals surface area contributed by atoms with Crippen LogP contribution < -0.4 is 10.1 Å². The number of amides is 1. The molecule has 1 N–H and O–H groups in total. The van der Waals surface area contributed by atoms with Gasteiger partial charge in [0.25, 0.3) is 0 Å². The van der Waals surface area contributed by atoms with Gasteiger partial charge < -0.3 is 14.2 Å². The Morgan fingerprint density at radius 2 is 1.72 bits per heavy atom. The maximum Gasteiger partial charge on any atom is 0.411 e. The topological polar surface area (TPSA) is 60.0 Å². The van der Waals surface area contributed by atoms with Gasteiger partial charge in [0.2, 0.25) is 0 Å². The number of nitrogens with one attached hydrogen (secondary N) is 1. The number of hydrogen-bond acceptors (Lipinski definition) is 5. The van der Waals surface area contributed by atoms with Crippen LogP contribution in [0.1, 0.15) is 51.9 Å². The zero-order valence-corrected chi connectivity index (χ0v) is 18.5. The Morgan fingerprint density at radius 1 is 1.03 bits per heavy atom. The second-order valence-electron chi connectivity index (χ2n) is 7.18. The molecule has 1 aliphatic rings. The molecule has 0 spiro atoms. The predicted octanol–water partition coefficient (Wildman–Crippen LogP) is 5.12. The van der Waals surface area contributed by atoms with Crippen LogP contribution in [-0.4, -0.2) is 57.1 Å². The molecular formula is C22H37ClN2O4. The summed E-state index contributed by atoms with van der Waals surface area (Å²) in [6, 6.07) is 7.51. The number of anilines is 1. The summed E-state index contributed by atoms with van der Waals surface area (Å²) in [6.07, 6.45) is 8.28. The molecular weight excluding hydrogens is 392 g/mol. The van der Waals surface area contributed by atoms with Crippen LogP contribution in [-0.2, 0) is 9.47 Å². The minimum Gasteiger partial charge on any atom is -0.491 e. The van der Waals surface area contributed by atoms with Gasteiger partial charge in [0.1, 0.15) is 12.4 Å². The van der Waals surface area contributed by atoms with Gasteiger partial charge in [0, 0.05) is 19.6 Å². The van der Waals surface area contributed by atoms with Gasteiger partial charge >= 0.3 is 6.09 Å². The standard InChI is InChI=1S/C22H36N2O4.ClH/c1-2-3-4-5-6-7-10-16-27-21-12-9-8-11-20(21)23-22(25)28-19-15-24-13-17-26-18-14-24;/h8-9,11-12H,2-7,10,13-19H2,1H3,(H,23,25);1H. The Morgan fingerprint density at radius 3 is 2.48 bits per heavy atom. The molecule has 1 amide bonds. The van der Waals surface area contributed by atoms with Crippen molar-refractivity contribution < 1.29 is 19.0 Å². The molecule has 1 aliphatic heterocycles. The second kappa shape index (κ2) is 16.3. The summed E-state index contributed by atoms with van der Waals surface area (Å²) in [7, 11) is 0. The lowest BCUT2D eigenvalue weighted by Gasteiger charge is -2.26. The maximum atomic E-state index is 12.1. The summed E-state index contributed by atoms with van der Waals surface area (Å²) in [5.41, 5.74) is 0.654. The van der Waals surface area contributed by atoms with Crippen LogP contribution in [0.15, 0.2) is 24.3 Å². The molecule has 1 fully saturated rings. The van der Waals surface area contributed by atoms with Gasteiger partial charge in [-0.05, 0) is 18.6 Å². The highest BCUT2D eigenvalue weighted by molar-refractivity contribution is 5.86. The zero-order valence-electron chi connectivity index (χ0n) is 17.7. The highest BCUT2D eigenvalue weighted by atomic mass is 35.5. The largest absolute Gasteiger partial charge is 0.491 e. The van der Waals surface area contributed by atoms with Crippen molar-refractivity contribution in [2.24, 2.45) is 0 Å². The van der Waals surface area contributed by atoms with Crippen molar-refractivity contribution >= 4 is 24.2 Å². The molecule has 0 atom stereocenters. The SMILES string of the molecule is CCCCCCCCCOc1ccccc1NC(=O)OCCN1CCOCC1.Cl. The number of carbonyl (C=O) groups excluding carboxylic acids is 1. The van der Waals surface area contributed by atoms with E-state index < -0.39 is 6.09 Å². The van der Waals surface area contributed by atoms with Gasteiger partial charge in [0.05, 0.1) is 25.5 Å². The average molecular weight is 429 g/mol. The summed E-state index contributed by atoms with van der Waals surface area (Å²) in [6.45, 7) is 7.27. The number of nitrogens with zero attached hydrogens (tertiary/aromatic N) is 1. The molecule has 29 heavy (non-hydrogen) atoms.